The molecule has 2 aromatic heterocycles. The number of carbonyl (C=O) groups excluding carboxylic acids is 1. The van der Waals surface area contributed by atoms with Crippen molar-refractivity contribution in [3.63, 3.8) is 0 Å². The normalized spacial score (nSPS) is 11.2. The zero-order valence-electron chi connectivity index (χ0n) is 12.5. The number of nitrogens with one attached hydrogen (secondary N) is 1. The average molecular weight is 425 g/mol. The topological polar surface area (TPSA) is 98.0 Å². The maximum Gasteiger partial charge on any atom is 0.287 e. The molecule has 4 aromatic rings. The third-order valence-electron chi connectivity index (χ3n) is 3.65. The first-order valence-corrected chi connectivity index (χ1v) is 9.35. The molecule has 0 saturated carbocycles. The third kappa shape index (κ3) is 2.69. The summed E-state index contributed by atoms with van der Waals surface area (Å²) >= 11 is 14.4. The molecule has 11 heteroatoms. The second-order valence-electron chi connectivity index (χ2n) is 5.16. The van der Waals surface area contributed by atoms with Gasteiger partial charge in [0.05, 0.1) is 32.4 Å². The Morgan fingerprint density at radius 1 is 1.19 bits per heavy atom. The van der Waals surface area contributed by atoms with Crippen LogP contribution in [0.1, 0.15) is 9.67 Å². The van der Waals surface area contributed by atoms with Gasteiger partial charge < -0.3 is 5.32 Å². The van der Waals surface area contributed by atoms with Crippen LogP contribution in [0.2, 0.25) is 10.0 Å². The predicted molar refractivity (Wildman–Crippen MR) is 104 cm³/mol. The van der Waals surface area contributed by atoms with Crippen LogP contribution in [0.25, 0.3) is 21.1 Å². The van der Waals surface area contributed by atoms with Crippen molar-refractivity contribution in [3.05, 3.63) is 55.4 Å². The molecule has 0 saturated heterocycles. The van der Waals surface area contributed by atoms with Gasteiger partial charge in [-0.2, -0.15) is 8.75 Å². The molecule has 0 atom stereocenters. The van der Waals surface area contributed by atoms with Crippen LogP contribution in [0.3, 0.4) is 0 Å². The summed E-state index contributed by atoms with van der Waals surface area (Å²) in [5.74, 6) is -0.520. The van der Waals surface area contributed by atoms with Crippen LogP contribution in [-0.4, -0.2) is 19.6 Å². The Kier molecular flexibility index (Phi) is 4.23. The Morgan fingerprint density at radius 3 is 2.77 bits per heavy atom. The molecule has 0 spiro atoms. The maximum atomic E-state index is 12.7. The van der Waals surface area contributed by atoms with E-state index in [0.29, 0.717) is 31.8 Å². The average Bonchev–Trinajstić information content (AvgIpc) is 3.22. The number of halogens is 2. The van der Waals surface area contributed by atoms with E-state index in [1.54, 1.807) is 18.2 Å². The predicted octanol–water partition coefficient (Wildman–Crippen LogP) is 5.37. The summed E-state index contributed by atoms with van der Waals surface area (Å²) in [4.78, 5) is 23.6. The zero-order valence-corrected chi connectivity index (χ0v) is 15.7. The number of rotatable bonds is 3. The SMILES string of the molecule is O=C(Nc1c(Cl)ccc2nsnc12)c1sc2c([N+](=O)[O-])cccc2c1Cl. The first-order valence-electron chi connectivity index (χ1n) is 7.05. The molecule has 0 bridgehead atoms. The minimum Gasteiger partial charge on any atom is -0.318 e. The van der Waals surface area contributed by atoms with E-state index in [1.807, 2.05) is 0 Å². The molecule has 2 aromatic carbocycles. The molecule has 0 aliphatic rings. The Hall–Kier alpha value is -2.33. The molecule has 1 amide bonds. The number of hydrogen-bond donors (Lipinski definition) is 1. The molecule has 7 nitrogen and oxygen atoms in total. The molecule has 26 heavy (non-hydrogen) atoms. The molecule has 0 unspecified atom stereocenters. The lowest BCUT2D eigenvalue weighted by atomic mass is 10.2. The van der Waals surface area contributed by atoms with Gasteiger partial charge in [-0.05, 0) is 12.1 Å². The van der Waals surface area contributed by atoms with Crippen molar-refractivity contribution in [3.8, 4) is 0 Å². The highest BCUT2D eigenvalue weighted by molar-refractivity contribution is 7.22. The summed E-state index contributed by atoms with van der Waals surface area (Å²) < 4.78 is 8.59. The minimum absolute atomic E-state index is 0.0997. The quantitative estimate of drug-likeness (QED) is 0.351. The molecule has 4 rings (SSSR count). The minimum atomic E-state index is -0.520. The lowest BCUT2D eigenvalue weighted by Gasteiger charge is -2.06. The molecule has 130 valence electrons. The van der Waals surface area contributed by atoms with Gasteiger partial charge in [-0.15, -0.1) is 11.3 Å². The first kappa shape index (κ1) is 17.1. The van der Waals surface area contributed by atoms with Crippen molar-refractivity contribution in [1.29, 1.82) is 0 Å². The number of nitro benzene ring substituents is 1. The fourth-order valence-corrected chi connectivity index (χ4v) is 4.71. The Morgan fingerprint density at radius 2 is 2.00 bits per heavy atom. The number of aromatic nitrogens is 2. The van der Waals surface area contributed by atoms with Crippen LogP contribution in [0, 0.1) is 10.1 Å². The fraction of sp³-hybridized carbons (Fsp3) is 0. The van der Waals surface area contributed by atoms with E-state index in [2.05, 4.69) is 14.1 Å². The summed E-state index contributed by atoms with van der Waals surface area (Å²) in [6, 6.07) is 7.84. The summed E-state index contributed by atoms with van der Waals surface area (Å²) in [6.07, 6.45) is 0. The van der Waals surface area contributed by atoms with Gasteiger partial charge >= 0.3 is 0 Å². The van der Waals surface area contributed by atoms with Crippen molar-refractivity contribution in [2.75, 3.05) is 5.32 Å². The highest BCUT2D eigenvalue weighted by Gasteiger charge is 2.24. The molecule has 1 N–H and O–H groups in total. The van der Waals surface area contributed by atoms with E-state index in [-0.39, 0.29) is 15.6 Å². The van der Waals surface area contributed by atoms with Gasteiger partial charge in [0.25, 0.3) is 11.6 Å². The van der Waals surface area contributed by atoms with Gasteiger partial charge in [0.1, 0.15) is 20.6 Å². The number of amides is 1. The van der Waals surface area contributed by atoms with Crippen LogP contribution in [0.15, 0.2) is 30.3 Å². The van der Waals surface area contributed by atoms with E-state index in [4.69, 9.17) is 23.2 Å². The van der Waals surface area contributed by atoms with Crippen molar-refractivity contribution < 1.29 is 9.72 Å². The number of anilines is 1. The van der Waals surface area contributed by atoms with Gasteiger partial charge in [0.2, 0.25) is 0 Å². The second kappa shape index (κ2) is 6.44. The van der Waals surface area contributed by atoms with E-state index in [0.717, 1.165) is 23.1 Å². The molecular formula is C15H6Cl2N4O3S2. The van der Waals surface area contributed by atoms with Crippen LogP contribution in [0.5, 0.6) is 0 Å². The van der Waals surface area contributed by atoms with Gasteiger partial charge in [-0.25, -0.2) is 0 Å². The van der Waals surface area contributed by atoms with E-state index < -0.39 is 10.8 Å². The monoisotopic (exact) mass is 424 g/mol. The molecular weight excluding hydrogens is 419 g/mol. The van der Waals surface area contributed by atoms with Crippen molar-refractivity contribution in [2.24, 2.45) is 0 Å². The number of non-ortho nitro benzene ring substituents is 1. The van der Waals surface area contributed by atoms with Gasteiger partial charge in [0.15, 0.2) is 0 Å². The largest absolute Gasteiger partial charge is 0.318 e. The maximum absolute atomic E-state index is 12.7. The highest BCUT2D eigenvalue weighted by Crippen LogP contribution is 2.41. The standard InChI is InChI=1S/C15H6Cl2N4O3S2/c16-7-4-5-8-12(20-26-19-8)11(7)18-15(22)14-10(17)6-2-1-3-9(21(23)24)13(6)25-14/h1-5H,(H,18,22). The van der Waals surface area contributed by atoms with Crippen LogP contribution in [-0.2, 0) is 0 Å². The van der Waals surface area contributed by atoms with Crippen LogP contribution < -0.4 is 5.32 Å². The number of nitro groups is 1. The number of nitrogens with zero attached hydrogens (tertiary/aromatic N) is 3. The summed E-state index contributed by atoms with van der Waals surface area (Å²) in [7, 11) is 0. The second-order valence-corrected chi connectivity index (χ2v) is 7.50. The van der Waals surface area contributed by atoms with Crippen LogP contribution in [0.4, 0.5) is 11.4 Å². The first-order chi connectivity index (χ1) is 12.5. The molecule has 0 aliphatic carbocycles. The van der Waals surface area contributed by atoms with Crippen molar-refractivity contribution >= 4 is 84.7 Å². The van der Waals surface area contributed by atoms with Crippen LogP contribution >= 0.6 is 46.3 Å². The summed E-state index contributed by atoms with van der Waals surface area (Å²) in [5.41, 5.74) is 1.30. The van der Waals surface area contributed by atoms with E-state index >= 15 is 0 Å². The zero-order chi connectivity index (χ0) is 18.4. The third-order valence-corrected chi connectivity index (χ3v) is 6.24. The smallest absolute Gasteiger partial charge is 0.287 e. The molecule has 0 aliphatic heterocycles. The Bertz CT molecular complexity index is 1200. The highest BCUT2D eigenvalue weighted by atomic mass is 35.5. The summed E-state index contributed by atoms with van der Waals surface area (Å²) in [5, 5.41) is 14.8. The number of thiophene rings is 1. The van der Waals surface area contributed by atoms with E-state index in [9.17, 15) is 14.9 Å². The fourth-order valence-electron chi connectivity index (χ4n) is 2.48. The number of carbonyl (C=O) groups is 1. The van der Waals surface area contributed by atoms with Gasteiger partial charge in [-0.3, -0.25) is 14.9 Å². The van der Waals surface area contributed by atoms with Gasteiger partial charge in [0, 0.05) is 11.5 Å². The Labute approximate surface area is 163 Å². The summed E-state index contributed by atoms with van der Waals surface area (Å²) in [6.45, 7) is 0. The lowest BCUT2D eigenvalue weighted by molar-refractivity contribution is -0.382. The molecule has 0 fully saturated rings. The van der Waals surface area contributed by atoms with E-state index in [1.165, 1.54) is 12.1 Å². The molecule has 0 radical (unpaired) electrons. The van der Waals surface area contributed by atoms with Crippen molar-refractivity contribution in [1.82, 2.24) is 8.75 Å². The number of hydrogen-bond acceptors (Lipinski definition) is 7. The number of fused-ring (bicyclic) bond motifs is 2. The lowest BCUT2D eigenvalue weighted by Crippen LogP contribution is -2.11. The molecule has 2 heterocycles. The Balaban J connectivity index is 1.80. The van der Waals surface area contributed by atoms with Crippen molar-refractivity contribution in [2.45, 2.75) is 0 Å². The number of benzene rings is 2. The van der Waals surface area contributed by atoms with Gasteiger partial charge in [-0.1, -0.05) is 35.3 Å².